The maximum absolute atomic E-state index is 12.6. The van der Waals surface area contributed by atoms with Gasteiger partial charge in [0, 0.05) is 42.3 Å². The number of hydrogen-bond donors (Lipinski definition) is 1. The van der Waals surface area contributed by atoms with Crippen LogP contribution in [-0.2, 0) is 13.5 Å². The van der Waals surface area contributed by atoms with Crippen molar-refractivity contribution in [3.63, 3.8) is 0 Å². The zero-order valence-corrected chi connectivity index (χ0v) is 14.5. The third kappa shape index (κ3) is 3.04. The summed E-state index contributed by atoms with van der Waals surface area (Å²) in [7, 11) is 1.94. The highest BCUT2D eigenvalue weighted by atomic mass is 32.1. The van der Waals surface area contributed by atoms with Crippen molar-refractivity contribution in [3.8, 4) is 0 Å². The van der Waals surface area contributed by atoms with E-state index in [4.69, 9.17) is 0 Å². The van der Waals surface area contributed by atoms with Crippen molar-refractivity contribution in [1.29, 1.82) is 0 Å². The van der Waals surface area contributed by atoms with Gasteiger partial charge in [-0.3, -0.25) is 4.79 Å². The van der Waals surface area contributed by atoms with E-state index in [1.165, 1.54) is 16.9 Å². The average molecular weight is 348 g/mol. The number of hydrogen-bond acceptors (Lipinski definition) is 3. The normalized spacial score (nSPS) is 12.0. The van der Waals surface area contributed by atoms with Crippen molar-refractivity contribution in [1.82, 2.24) is 14.5 Å². The molecule has 0 saturated heterocycles. The molecule has 0 aliphatic rings. The van der Waals surface area contributed by atoms with Crippen molar-refractivity contribution < 1.29 is 4.79 Å². The Bertz CT molecular complexity index is 1110. The first kappa shape index (κ1) is 15.5. The lowest BCUT2D eigenvalue weighted by atomic mass is 10.1. The summed E-state index contributed by atoms with van der Waals surface area (Å²) in [6, 6.07) is 13.9. The summed E-state index contributed by atoms with van der Waals surface area (Å²) in [5.41, 5.74) is 3.60. The Kier molecular flexibility index (Phi) is 4.03. The van der Waals surface area contributed by atoms with E-state index < -0.39 is 0 Å². The number of fused-ring (bicyclic) bond motifs is 1. The molecule has 0 aliphatic carbocycles. The quantitative estimate of drug-likeness (QED) is 0.617. The smallest absolute Gasteiger partial charge is 0.281 e. The third-order valence-electron chi connectivity index (χ3n) is 4.12. The van der Waals surface area contributed by atoms with Crippen LogP contribution in [0.5, 0.6) is 0 Å². The molecule has 6 heteroatoms. The zero-order valence-electron chi connectivity index (χ0n) is 13.6. The Morgan fingerprint density at radius 2 is 2.08 bits per heavy atom. The lowest BCUT2D eigenvalue weighted by molar-refractivity contribution is 0.0999. The van der Waals surface area contributed by atoms with Crippen molar-refractivity contribution in [2.75, 3.05) is 0 Å². The molecule has 4 aromatic rings. The zero-order chi connectivity index (χ0) is 17.2. The maximum Gasteiger partial charge on any atom is 0.281 e. The Labute approximate surface area is 148 Å². The van der Waals surface area contributed by atoms with Crippen LogP contribution in [0.1, 0.15) is 21.6 Å². The number of nitrogens with one attached hydrogen (secondary N) is 1. The minimum absolute atomic E-state index is 0.261. The van der Waals surface area contributed by atoms with Crippen LogP contribution in [0.4, 0.5) is 0 Å². The van der Waals surface area contributed by atoms with Gasteiger partial charge in [-0.1, -0.05) is 30.3 Å². The molecule has 0 saturated carbocycles. The fraction of sp³-hybridized carbons (Fsp3) is 0.105. The van der Waals surface area contributed by atoms with Crippen molar-refractivity contribution >= 4 is 28.3 Å². The predicted octanol–water partition coefficient (Wildman–Crippen LogP) is 3.29. The molecule has 3 heterocycles. The van der Waals surface area contributed by atoms with E-state index >= 15 is 0 Å². The monoisotopic (exact) mass is 348 g/mol. The van der Waals surface area contributed by atoms with E-state index in [2.05, 4.69) is 32.5 Å². The molecule has 0 radical (unpaired) electrons. The van der Waals surface area contributed by atoms with Gasteiger partial charge in [-0.15, -0.1) is 11.3 Å². The highest BCUT2D eigenvalue weighted by Crippen LogP contribution is 2.16. The molecule has 0 aliphatic heterocycles. The number of aromatic amines is 1. The van der Waals surface area contributed by atoms with Gasteiger partial charge in [0.2, 0.25) is 0 Å². The number of pyridine rings is 1. The number of nitrogens with zero attached hydrogens (tertiary/aromatic N) is 3. The van der Waals surface area contributed by atoms with Crippen molar-refractivity contribution in [3.05, 3.63) is 81.9 Å². The molecule has 1 amide bonds. The first-order valence-corrected chi connectivity index (χ1v) is 8.79. The van der Waals surface area contributed by atoms with Crippen molar-refractivity contribution in [2.24, 2.45) is 12.0 Å². The molecule has 25 heavy (non-hydrogen) atoms. The number of carbonyl (C=O) groups excluding carboxylic acids is 1. The largest absolute Gasteiger partial charge is 0.345 e. The van der Waals surface area contributed by atoms with Crippen molar-refractivity contribution in [2.45, 2.75) is 6.42 Å². The number of H-pyrrole nitrogens is 1. The number of aromatic nitrogens is 3. The van der Waals surface area contributed by atoms with Crippen LogP contribution in [0.3, 0.4) is 0 Å². The van der Waals surface area contributed by atoms with Crippen LogP contribution >= 0.6 is 11.3 Å². The van der Waals surface area contributed by atoms with Gasteiger partial charge < -0.3 is 9.55 Å². The Hall–Kier alpha value is -2.99. The van der Waals surface area contributed by atoms with E-state index in [1.807, 2.05) is 41.9 Å². The average Bonchev–Trinajstić information content (AvgIpc) is 3.21. The van der Waals surface area contributed by atoms with E-state index in [0.29, 0.717) is 16.0 Å². The lowest BCUT2D eigenvalue weighted by Crippen LogP contribution is -2.15. The highest BCUT2D eigenvalue weighted by molar-refractivity contribution is 7.07. The molecular weight excluding hydrogens is 332 g/mol. The lowest BCUT2D eigenvalue weighted by Gasteiger charge is -2.02. The molecule has 1 aromatic carbocycles. The first-order valence-electron chi connectivity index (χ1n) is 7.91. The van der Waals surface area contributed by atoms with Crippen LogP contribution in [0.2, 0.25) is 0 Å². The Morgan fingerprint density at radius 3 is 2.92 bits per heavy atom. The first-order chi connectivity index (χ1) is 12.2. The highest BCUT2D eigenvalue weighted by Gasteiger charge is 2.12. The maximum atomic E-state index is 12.6. The van der Waals surface area contributed by atoms with Crippen LogP contribution in [-0.4, -0.2) is 20.4 Å². The van der Waals surface area contributed by atoms with E-state index in [-0.39, 0.29) is 5.91 Å². The van der Waals surface area contributed by atoms with Gasteiger partial charge in [-0.05, 0) is 17.7 Å². The van der Waals surface area contributed by atoms with Gasteiger partial charge in [0.1, 0.15) is 5.65 Å². The summed E-state index contributed by atoms with van der Waals surface area (Å²) in [4.78, 5) is 24.8. The van der Waals surface area contributed by atoms with Gasteiger partial charge >= 0.3 is 0 Å². The molecule has 0 unspecified atom stereocenters. The molecular formula is C19H16N4OS. The molecule has 0 fully saturated rings. The summed E-state index contributed by atoms with van der Waals surface area (Å²) in [6.07, 6.45) is 4.18. The van der Waals surface area contributed by atoms with Crippen LogP contribution < -0.4 is 4.80 Å². The minimum atomic E-state index is -0.261. The summed E-state index contributed by atoms with van der Waals surface area (Å²) < 4.78 is 1.97. The Morgan fingerprint density at radius 1 is 1.24 bits per heavy atom. The molecule has 0 bridgehead atoms. The molecule has 3 aromatic heterocycles. The SMILES string of the molecule is Cn1c(Cc2ccccc2)csc1=NC(=O)c1c[nH]c2ncccc12. The van der Waals surface area contributed by atoms with Crippen LogP contribution in [0.15, 0.2) is 65.2 Å². The predicted molar refractivity (Wildman–Crippen MR) is 98.5 cm³/mol. The van der Waals surface area contributed by atoms with E-state index in [0.717, 1.165) is 17.5 Å². The Balaban J connectivity index is 1.67. The van der Waals surface area contributed by atoms with Gasteiger partial charge in [-0.2, -0.15) is 4.99 Å². The molecule has 5 nitrogen and oxygen atoms in total. The number of benzene rings is 1. The second-order valence-electron chi connectivity index (χ2n) is 5.75. The van der Waals surface area contributed by atoms with Gasteiger partial charge in [0.15, 0.2) is 4.80 Å². The van der Waals surface area contributed by atoms with Crippen LogP contribution in [0, 0.1) is 0 Å². The van der Waals surface area contributed by atoms with Gasteiger partial charge in [0.25, 0.3) is 5.91 Å². The molecule has 124 valence electrons. The number of amides is 1. The van der Waals surface area contributed by atoms with E-state index in [9.17, 15) is 4.79 Å². The number of thiazole rings is 1. The fourth-order valence-electron chi connectivity index (χ4n) is 2.75. The minimum Gasteiger partial charge on any atom is -0.345 e. The summed E-state index contributed by atoms with van der Waals surface area (Å²) in [5, 5.41) is 2.84. The summed E-state index contributed by atoms with van der Waals surface area (Å²) in [5.74, 6) is -0.261. The van der Waals surface area contributed by atoms with Crippen LogP contribution in [0.25, 0.3) is 11.0 Å². The standard InChI is InChI=1S/C19H16N4OS/c1-23-14(10-13-6-3-2-4-7-13)12-25-19(23)22-18(24)16-11-21-17-15(16)8-5-9-20-17/h2-9,11-12H,10H2,1H3,(H,20,21). The fourth-order valence-corrected chi connectivity index (χ4v) is 3.64. The molecule has 0 atom stereocenters. The third-order valence-corrected chi connectivity index (χ3v) is 5.09. The van der Waals surface area contributed by atoms with E-state index in [1.54, 1.807) is 12.4 Å². The second-order valence-corrected chi connectivity index (χ2v) is 6.59. The van der Waals surface area contributed by atoms with Gasteiger partial charge in [-0.25, -0.2) is 4.98 Å². The number of carbonyl (C=O) groups is 1. The second kappa shape index (κ2) is 6.49. The van der Waals surface area contributed by atoms with Gasteiger partial charge in [0.05, 0.1) is 5.56 Å². The number of rotatable bonds is 3. The molecule has 4 rings (SSSR count). The molecule has 0 spiro atoms. The molecule has 1 N–H and O–H groups in total. The topological polar surface area (TPSA) is 63.0 Å². The summed E-state index contributed by atoms with van der Waals surface area (Å²) in [6.45, 7) is 0. The summed E-state index contributed by atoms with van der Waals surface area (Å²) >= 11 is 1.48.